The van der Waals surface area contributed by atoms with Gasteiger partial charge in [-0.3, -0.25) is 9.78 Å². The standard InChI is InChI=1S/C19H18FN5O3/c1-12-15(24-28-23-12)8-19(26)25-5-6-27-18(11-25)17-10-21-9-16(22-17)13-3-2-4-14(20)7-13/h2-4,7,9-10,18H,5-6,8,11H2,1H3/t18-/m1/s1. The summed E-state index contributed by atoms with van der Waals surface area (Å²) in [5, 5.41) is 7.46. The molecule has 1 amide bonds. The van der Waals surface area contributed by atoms with E-state index in [0.29, 0.717) is 48.0 Å². The number of morpholine rings is 1. The Bertz CT molecular complexity index is 993. The molecule has 1 aliphatic rings. The Labute approximate surface area is 160 Å². The molecule has 28 heavy (non-hydrogen) atoms. The third-order valence-electron chi connectivity index (χ3n) is 4.59. The average Bonchev–Trinajstić information content (AvgIpc) is 3.12. The zero-order chi connectivity index (χ0) is 19.5. The molecular weight excluding hydrogens is 365 g/mol. The number of hydrogen-bond donors (Lipinski definition) is 0. The van der Waals surface area contributed by atoms with Gasteiger partial charge in [-0.25, -0.2) is 14.0 Å². The first-order valence-corrected chi connectivity index (χ1v) is 8.85. The third-order valence-corrected chi connectivity index (χ3v) is 4.59. The van der Waals surface area contributed by atoms with Gasteiger partial charge in [-0.15, -0.1) is 0 Å². The summed E-state index contributed by atoms with van der Waals surface area (Å²) >= 11 is 0. The number of benzene rings is 1. The van der Waals surface area contributed by atoms with Gasteiger partial charge in [-0.2, -0.15) is 0 Å². The maximum Gasteiger partial charge on any atom is 0.228 e. The van der Waals surface area contributed by atoms with Gasteiger partial charge in [0.05, 0.1) is 43.4 Å². The van der Waals surface area contributed by atoms with Crippen molar-refractivity contribution in [1.82, 2.24) is 25.2 Å². The first-order valence-electron chi connectivity index (χ1n) is 8.85. The Morgan fingerprint density at radius 2 is 2.21 bits per heavy atom. The lowest BCUT2D eigenvalue weighted by Gasteiger charge is -2.32. The predicted octanol–water partition coefficient (Wildman–Crippen LogP) is 2.12. The molecule has 0 unspecified atom stereocenters. The highest BCUT2D eigenvalue weighted by Crippen LogP contribution is 2.24. The first kappa shape index (κ1) is 18.2. The number of halogens is 1. The van der Waals surface area contributed by atoms with Gasteiger partial charge in [-0.05, 0) is 19.1 Å². The Hall–Kier alpha value is -3.20. The van der Waals surface area contributed by atoms with Crippen molar-refractivity contribution >= 4 is 5.91 Å². The van der Waals surface area contributed by atoms with Crippen LogP contribution in [0.4, 0.5) is 4.39 Å². The number of carbonyl (C=O) groups excluding carboxylic acids is 1. The SMILES string of the molecule is Cc1nonc1CC(=O)N1CCO[C@@H](c2cncc(-c3cccc(F)c3)n2)C1. The number of ether oxygens (including phenoxy) is 1. The molecule has 1 saturated heterocycles. The molecule has 0 radical (unpaired) electrons. The van der Waals surface area contributed by atoms with Crippen molar-refractivity contribution in [2.45, 2.75) is 19.4 Å². The third kappa shape index (κ3) is 3.89. The minimum absolute atomic E-state index is 0.0821. The molecule has 4 rings (SSSR count). The van der Waals surface area contributed by atoms with Crippen molar-refractivity contribution in [3.63, 3.8) is 0 Å². The number of aromatic nitrogens is 4. The quantitative estimate of drug-likeness (QED) is 0.681. The zero-order valence-electron chi connectivity index (χ0n) is 15.2. The number of aryl methyl sites for hydroxylation is 1. The van der Waals surface area contributed by atoms with E-state index in [1.54, 1.807) is 36.4 Å². The van der Waals surface area contributed by atoms with Crippen LogP contribution in [0.25, 0.3) is 11.3 Å². The summed E-state index contributed by atoms with van der Waals surface area (Å²) in [4.78, 5) is 23.1. The highest BCUT2D eigenvalue weighted by molar-refractivity contribution is 5.78. The lowest BCUT2D eigenvalue weighted by molar-refractivity contribution is -0.138. The normalized spacial score (nSPS) is 16.9. The molecule has 144 valence electrons. The van der Waals surface area contributed by atoms with E-state index in [2.05, 4.69) is 24.9 Å². The van der Waals surface area contributed by atoms with E-state index in [4.69, 9.17) is 4.74 Å². The van der Waals surface area contributed by atoms with Crippen molar-refractivity contribution < 1.29 is 18.6 Å². The van der Waals surface area contributed by atoms with Crippen molar-refractivity contribution in [1.29, 1.82) is 0 Å². The van der Waals surface area contributed by atoms with Gasteiger partial charge in [0.15, 0.2) is 0 Å². The summed E-state index contributed by atoms with van der Waals surface area (Å²) in [6.45, 7) is 2.97. The van der Waals surface area contributed by atoms with E-state index in [1.165, 1.54) is 12.1 Å². The van der Waals surface area contributed by atoms with Gasteiger partial charge in [-0.1, -0.05) is 22.4 Å². The zero-order valence-corrected chi connectivity index (χ0v) is 15.2. The molecule has 0 saturated carbocycles. The molecular formula is C19H18FN5O3. The maximum absolute atomic E-state index is 13.5. The van der Waals surface area contributed by atoms with Crippen LogP contribution in [-0.4, -0.2) is 50.8 Å². The van der Waals surface area contributed by atoms with Crippen LogP contribution in [0.5, 0.6) is 0 Å². The van der Waals surface area contributed by atoms with E-state index >= 15 is 0 Å². The summed E-state index contributed by atoms with van der Waals surface area (Å²) in [6, 6.07) is 6.17. The van der Waals surface area contributed by atoms with Crippen LogP contribution < -0.4 is 0 Å². The molecule has 0 bridgehead atoms. The minimum atomic E-state index is -0.407. The Morgan fingerprint density at radius 3 is 3.00 bits per heavy atom. The number of hydrogen-bond acceptors (Lipinski definition) is 7. The first-order chi connectivity index (χ1) is 13.6. The molecule has 1 aromatic carbocycles. The number of nitrogens with zero attached hydrogens (tertiary/aromatic N) is 5. The van der Waals surface area contributed by atoms with Crippen LogP contribution in [0.3, 0.4) is 0 Å². The van der Waals surface area contributed by atoms with Crippen LogP contribution in [0.2, 0.25) is 0 Å². The Balaban J connectivity index is 1.49. The van der Waals surface area contributed by atoms with Crippen molar-refractivity contribution in [2.75, 3.05) is 19.7 Å². The second-order valence-electron chi connectivity index (χ2n) is 6.51. The fourth-order valence-electron chi connectivity index (χ4n) is 3.04. The van der Waals surface area contributed by atoms with Gasteiger partial charge in [0.25, 0.3) is 0 Å². The summed E-state index contributed by atoms with van der Waals surface area (Å²) in [7, 11) is 0. The van der Waals surface area contributed by atoms with Gasteiger partial charge in [0.1, 0.15) is 23.3 Å². The largest absolute Gasteiger partial charge is 0.368 e. The minimum Gasteiger partial charge on any atom is -0.368 e. The highest BCUT2D eigenvalue weighted by Gasteiger charge is 2.27. The molecule has 2 aromatic heterocycles. The number of amides is 1. The van der Waals surface area contributed by atoms with E-state index < -0.39 is 6.10 Å². The highest BCUT2D eigenvalue weighted by atomic mass is 19.1. The fraction of sp³-hybridized carbons (Fsp3) is 0.316. The predicted molar refractivity (Wildman–Crippen MR) is 95.4 cm³/mol. The van der Waals surface area contributed by atoms with E-state index in [0.717, 1.165) is 0 Å². The van der Waals surface area contributed by atoms with Gasteiger partial charge < -0.3 is 9.64 Å². The summed E-state index contributed by atoms with van der Waals surface area (Å²) in [5.41, 5.74) is 2.91. The lowest BCUT2D eigenvalue weighted by Crippen LogP contribution is -2.43. The van der Waals surface area contributed by atoms with Gasteiger partial charge >= 0.3 is 0 Å². The molecule has 1 fully saturated rings. The molecule has 1 aliphatic heterocycles. The molecule has 0 aliphatic carbocycles. The van der Waals surface area contributed by atoms with Crippen LogP contribution in [-0.2, 0) is 16.0 Å². The molecule has 8 nitrogen and oxygen atoms in total. The Morgan fingerprint density at radius 1 is 1.32 bits per heavy atom. The number of carbonyl (C=O) groups is 1. The van der Waals surface area contributed by atoms with E-state index in [9.17, 15) is 9.18 Å². The Kier molecular flexibility index (Phi) is 5.07. The summed E-state index contributed by atoms with van der Waals surface area (Å²) < 4.78 is 23.9. The topological polar surface area (TPSA) is 94.2 Å². The van der Waals surface area contributed by atoms with Gasteiger partial charge in [0, 0.05) is 12.1 Å². The monoisotopic (exact) mass is 383 g/mol. The second-order valence-corrected chi connectivity index (χ2v) is 6.51. The van der Waals surface area contributed by atoms with Crippen LogP contribution >= 0.6 is 0 Å². The van der Waals surface area contributed by atoms with Crippen LogP contribution in [0.15, 0.2) is 41.3 Å². The molecule has 9 heteroatoms. The van der Waals surface area contributed by atoms with E-state index in [-0.39, 0.29) is 18.1 Å². The average molecular weight is 383 g/mol. The van der Waals surface area contributed by atoms with E-state index in [1.807, 2.05) is 0 Å². The molecule has 3 aromatic rings. The van der Waals surface area contributed by atoms with Crippen molar-refractivity contribution in [3.8, 4) is 11.3 Å². The smallest absolute Gasteiger partial charge is 0.228 e. The fourth-order valence-corrected chi connectivity index (χ4v) is 3.04. The summed E-state index contributed by atoms with van der Waals surface area (Å²) in [6.07, 6.45) is 2.89. The summed E-state index contributed by atoms with van der Waals surface area (Å²) in [5.74, 6) is -0.422. The molecule has 0 spiro atoms. The van der Waals surface area contributed by atoms with Crippen LogP contribution in [0.1, 0.15) is 23.2 Å². The lowest BCUT2D eigenvalue weighted by atomic mass is 10.1. The van der Waals surface area contributed by atoms with Crippen molar-refractivity contribution in [2.24, 2.45) is 0 Å². The van der Waals surface area contributed by atoms with Crippen LogP contribution in [0, 0.1) is 12.7 Å². The van der Waals surface area contributed by atoms with Gasteiger partial charge in [0.2, 0.25) is 5.91 Å². The molecule has 1 atom stereocenters. The number of rotatable bonds is 4. The molecule has 3 heterocycles. The molecule has 0 N–H and O–H groups in total. The van der Waals surface area contributed by atoms with Crippen molar-refractivity contribution in [3.05, 3.63) is 59.6 Å². The second kappa shape index (κ2) is 7.81. The maximum atomic E-state index is 13.5.